The van der Waals surface area contributed by atoms with Gasteiger partial charge in [0.15, 0.2) is 0 Å². The first-order valence-electron chi connectivity index (χ1n) is 4.92. The predicted octanol–water partition coefficient (Wildman–Crippen LogP) is 3.07. The second kappa shape index (κ2) is 2.76. The summed E-state index contributed by atoms with van der Waals surface area (Å²) in [5, 5.41) is 3.57. The van der Waals surface area contributed by atoms with Crippen LogP contribution in [0.1, 0.15) is 26.3 Å². The van der Waals surface area contributed by atoms with E-state index in [0.29, 0.717) is 11.5 Å². The molecule has 1 aliphatic heterocycles. The minimum Gasteiger partial charge on any atom is -0.381 e. The maximum Gasteiger partial charge on any atom is 0.0375 e. The quantitative estimate of drug-likeness (QED) is 0.639. The smallest absolute Gasteiger partial charge is 0.0375 e. The van der Waals surface area contributed by atoms with Crippen LogP contribution in [0, 0.1) is 5.41 Å². The molecule has 1 N–H and O–H groups in total. The summed E-state index contributed by atoms with van der Waals surface area (Å²) in [5.74, 6) is 0. The second-order valence-corrected chi connectivity index (χ2v) is 4.92. The van der Waals surface area contributed by atoms with Crippen molar-refractivity contribution in [2.75, 3.05) is 5.32 Å². The summed E-state index contributed by atoms with van der Waals surface area (Å²) in [6.07, 6.45) is 1.17. The minimum absolute atomic E-state index is 0.346. The molecule has 1 heteroatoms. The number of para-hydroxylation sites is 1. The lowest BCUT2D eigenvalue weighted by molar-refractivity contribution is 0.347. The van der Waals surface area contributed by atoms with E-state index >= 15 is 0 Å². The zero-order valence-corrected chi connectivity index (χ0v) is 8.59. The van der Waals surface area contributed by atoms with E-state index in [2.05, 4.69) is 50.4 Å². The molecule has 1 atom stereocenters. The Kier molecular flexibility index (Phi) is 1.83. The van der Waals surface area contributed by atoms with Gasteiger partial charge < -0.3 is 5.32 Å². The summed E-state index contributed by atoms with van der Waals surface area (Å²) in [4.78, 5) is 0. The van der Waals surface area contributed by atoms with Crippen molar-refractivity contribution in [3.8, 4) is 0 Å². The van der Waals surface area contributed by atoms with Crippen LogP contribution in [-0.4, -0.2) is 6.04 Å². The van der Waals surface area contributed by atoms with Gasteiger partial charge in [-0.25, -0.2) is 0 Å². The van der Waals surface area contributed by atoms with Gasteiger partial charge >= 0.3 is 0 Å². The van der Waals surface area contributed by atoms with Gasteiger partial charge in [-0.05, 0) is 23.5 Å². The highest BCUT2D eigenvalue weighted by atomic mass is 15.0. The Labute approximate surface area is 80.2 Å². The molecule has 0 aromatic heterocycles. The first-order chi connectivity index (χ1) is 6.07. The first kappa shape index (κ1) is 8.61. The van der Waals surface area contributed by atoms with E-state index in [1.807, 2.05) is 0 Å². The summed E-state index contributed by atoms with van der Waals surface area (Å²) in [7, 11) is 0. The molecule has 1 nitrogen and oxygen atoms in total. The molecule has 0 spiro atoms. The van der Waals surface area contributed by atoms with Crippen molar-refractivity contribution in [1.82, 2.24) is 0 Å². The molecule has 0 bridgehead atoms. The van der Waals surface area contributed by atoms with E-state index in [0.717, 1.165) is 0 Å². The van der Waals surface area contributed by atoms with E-state index in [9.17, 15) is 0 Å². The molecule has 0 aliphatic carbocycles. The maximum absolute atomic E-state index is 3.57. The fourth-order valence-electron chi connectivity index (χ4n) is 1.82. The van der Waals surface area contributed by atoms with Gasteiger partial charge in [-0.15, -0.1) is 0 Å². The molecule has 0 saturated carbocycles. The van der Waals surface area contributed by atoms with Crippen molar-refractivity contribution in [2.24, 2.45) is 5.41 Å². The fourth-order valence-corrected chi connectivity index (χ4v) is 1.82. The number of anilines is 1. The molecule has 1 aromatic rings. The Morgan fingerprint density at radius 1 is 1.23 bits per heavy atom. The van der Waals surface area contributed by atoms with Gasteiger partial charge in [0.25, 0.3) is 0 Å². The normalized spacial score (nSPS) is 21.0. The van der Waals surface area contributed by atoms with E-state index in [4.69, 9.17) is 0 Å². The zero-order chi connectivity index (χ0) is 9.47. The van der Waals surface area contributed by atoms with Crippen molar-refractivity contribution in [2.45, 2.75) is 33.2 Å². The SMILES string of the molecule is CC(C)(C)[C@@H]1Cc2ccccc2N1. The van der Waals surface area contributed by atoms with Gasteiger partial charge in [0.1, 0.15) is 0 Å². The molecule has 0 fully saturated rings. The second-order valence-electron chi connectivity index (χ2n) is 4.92. The van der Waals surface area contributed by atoms with Gasteiger partial charge in [-0.2, -0.15) is 0 Å². The Hall–Kier alpha value is -0.980. The average molecular weight is 175 g/mol. The summed E-state index contributed by atoms with van der Waals surface area (Å²) in [6.45, 7) is 6.86. The molecule has 13 heavy (non-hydrogen) atoms. The predicted molar refractivity (Wildman–Crippen MR) is 57.0 cm³/mol. The number of fused-ring (bicyclic) bond motifs is 1. The van der Waals surface area contributed by atoms with Crippen molar-refractivity contribution < 1.29 is 0 Å². The van der Waals surface area contributed by atoms with Crippen molar-refractivity contribution in [3.05, 3.63) is 29.8 Å². The van der Waals surface area contributed by atoms with Crippen LogP contribution in [0.4, 0.5) is 5.69 Å². The molecule has 0 unspecified atom stereocenters. The van der Waals surface area contributed by atoms with Gasteiger partial charge in [0, 0.05) is 11.7 Å². The Morgan fingerprint density at radius 2 is 1.92 bits per heavy atom. The third-order valence-electron chi connectivity index (χ3n) is 2.82. The molecule has 0 radical (unpaired) electrons. The highest BCUT2D eigenvalue weighted by Gasteiger charge is 2.29. The van der Waals surface area contributed by atoms with Crippen LogP contribution in [-0.2, 0) is 6.42 Å². The maximum atomic E-state index is 3.57. The van der Waals surface area contributed by atoms with Gasteiger partial charge in [0.05, 0.1) is 0 Å². The van der Waals surface area contributed by atoms with Crippen LogP contribution < -0.4 is 5.32 Å². The number of nitrogens with one attached hydrogen (secondary N) is 1. The van der Waals surface area contributed by atoms with Crippen LogP contribution in [0.3, 0.4) is 0 Å². The highest BCUT2D eigenvalue weighted by Crippen LogP contribution is 2.33. The minimum atomic E-state index is 0.346. The van der Waals surface area contributed by atoms with Crippen molar-refractivity contribution in [1.29, 1.82) is 0 Å². The summed E-state index contributed by atoms with van der Waals surface area (Å²) in [6, 6.07) is 9.18. The van der Waals surface area contributed by atoms with Crippen LogP contribution in [0.25, 0.3) is 0 Å². The van der Waals surface area contributed by atoms with E-state index in [1.54, 1.807) is 0 Å². The Bertz CT molecular complexity index is 284. The van der Waals surface area contributed by atoms with Crippen molar-refractivity contribution in [3.63, 3.8) is 0 Å². The lowest BCUT2D eigenvalue weighted by Crippen LogP contribution is -2.31. The zero-order valence-electron chi connectivity index (χ0n) is 8.59. The Morgan fingerprint density at radius 3 is 2.54 bits per heavy atom. The lowest BCUT2D eigenvalue weighted by Gasteiger charge is -2.27. The third-order valence-corrected chi connectivity index (χ3v) is 2.82. The largest absolute Gasteiger partial charge is 0.381 e. The van der Waals surface area contributed by atoms with Crippen LogP contribution in [0.5, 0.6) is 0 Å². The average Bonchev–Trinajstić information content (AvgIpc) is 2.45. The van der Waals surface area contributed by atoms with Gasteiger partial charge in [-0.3, -0.25) is 0 Å². The molecule has 1 aliphatic rings. The number of hydrogen-bond acceptors (Lipinski definition) is 1. The molecule has 2 rings (SSSR count). The van der Waals surface area contributed by atoms with Gasteiger partial charge in [0.2, 0.25) is 0 Å². The topological polar surface area (TPSA) is 12.0 Å². The van der Waals surface area contributed by atoms with E-state index in [-0.39, 0.29) is 0 Å². The Balaban J connectivity index is 2.23. The highest BCUT2D eigenvalue weighted by molar-refractivity contribution is 5.56. The van der Waals surface area contributed by atoms with E-state index < -0.39 is 0 Å². The lowest BCUT2D eigenvalue weighted by atomic mass is 9.85. The standard InChI is InChI=1S/C12H17N/c1-12(2,3)11-8-9-6-4-5-7-10(9)13-11/h4-7,11,13H,8H2,1-3H3/t11-/m0/s1. The third kappa shape index (κ3) is 1.55. The molecule has 1 aromatic carbocycles. The molecular formula is C12H17N. The van der Waals surface area contributed by atoms with Crippen LogP contribution in [0.15, 0.2) is 24.3 Å². The van der Waals surface area contributed by atoms with Crippen LogP contribution >= 0.6 is 0 Å². The number of benzene rings is 1. The number of hydrogen-bond donors (Lipinski definition) is 1. The van der Waals surface area contributed by atoms with E-state index in [1.165, 1.54) is 17.7 Å². The first-order valence-corrected chi connectivity index (χ1v) is 4.92. The molecular weight excluding hydrogens is 158 g/mol. The summed E-state index contributed by atoms with van der Waals surface area (Å²) >= 11 is 0. The van der Waals surface area contributed by atoms with Gasteiger partial charge in [-0.1, -0.05) is 39.0 Å². The summed E-state index contributed by atoms with van der Waals surface area (Å²) < 4.78 is 0. The monoisotopic (exact) mass is 175 g/mol. The number of rotatable bonds is 0. The molecule has 70 valence electrons. The molecule has 0 saturated heterocycles. The van der Waals surface area contributed by atoms with Crippen molar-refractivity contribution >= 4 is 5.69 Å². The van der Waals surface area contributed by atoms with Crippen LogP contribution in [0.2, 0.25) is 0 Å². The summed E-state index contributed by atoms with van der Waals surface area (Å²) in [5.41, 5.74) is 3.13. The molecule has 0 amide bonds. The fraction of sp³-hybridized carbons (Fsp3) is 0.500. The molecule has 1 heterocycles.